The predicted molar refractivity (Wildman–Crippen MR) is 67.5 cm³/mol. The Morgan fingerprint density at radius 2 is 1.76 bits per heavy atom. The molecule has 0 aromatic heterocycles. The van der Waals surface area contributed by atoms with Crippen LogP contribution in [-0.2, 0) is 0 Å². The summed E-state index contributed by atoms with van der Waals surface area (Å²) in [6.07, 6.45) is 5.64. The summed E-state index contributed by atoms with van der Waals surface area (Å²) < 4.78 is 0. The topological polar surface area (TPSA) is 40.5 Å². The van der Waals surface area contributed by atoms with Crippen LogP contribution in [0.5, 0.6) is 0 Å². The zero-order valence-corrected chi connectivity index (χ0v) is 11.4. The minimum absolute atomic E-state index is 0.240. The summed E-state index contributed by atoms with van der Waals surface area (Å²) in [4.78, 5) is 0. The largest absolute Gasteiger partial charge is 0.396 e. The van der Waals surface area contributed by atoms with Gasteiger partial charge in [-0.15, -0.1) is 0 Å². The molecule has 0 radical (unpaired) electrons. The average molecular weight is 238 g/mol. The smallest absolute Gasteiger partial charge is 0.0653 e. The minimum Gasteiger partial charge on any atom is -0.396 e. The van der Waals surface area contributed by atoms with Gasteiger partial charge in [-0.1, -0.05) is 13.8 Å². The van der Waals surface area contributed by atoms with Crippen molar-refractivity contribution in [2.75, 3.05) is 6.61 Å². The second kappa shape index (κ2) is 3.27. The first-order valence-corrected chi connectivity index (χ1v) is 7.18. The number of hydrogen-bond acceptors (Lipinski definition) is 2. The Kier molecular flexibility index (Phi) is 2.30. The van der Waals surface area contributed by atoms with Gasteiger partial charge in [0.2, 0.25) is 0 Å². The number of rotatable bonds is 1. The molecule has 3 saturated carbocycles. The fraction of sp³-hybridized carbons (Fsp3) is 1.00. The highest BCUT2D eigenvalue weighted by molar-refractivity contribution is 5.17. The second-order valence-corrected chi connectivity index (χ2v) is 7.68. The summed E-state index contributed by atoms with van der Waals surface area (Å²) in [5.41, 5.74) is 0.105. The van der Waals surface area contributed by atoms with Gasteiger partial charge in [0.1, 0.15) is 0 Å². The van der Waals surface area contributed by atoms with Crippen LogP contribution in [0.4, 0.5) is 0 Å². The van der Waals surface area contributed by atoms with Crippen molar-refractivity contribution in [1.29, 1.82) is 0 Å². The summed E-state index contributed by atoms with van der Waals surface area (Å²) >= 11 is 0. The lowest BCUT2D eigenvalue weighted by Gasteiger charge is -2.44. The van der Waals surface area contributed by atoms with Crippen LogP contribution in [0.2, 0.25) is 0 Å². The van der Waals surface area contributed by atoms with Crippen molar-refractivity contribution in [1.82, 2.24) is 0 Å². The van der Waals surface area contributed by atoms with Gasteiger partial charge in [-0.05, 0) is 67.6 Å². The van der Waals surface area contributed by atoms with Crippen molar-refractivity contribution in [3.63, 3.8) is 0 Å². The molecule has 5 atom stereocenters. The first-order valence-electron chi connectivity index (χ1n) is 7.18. The lowest BCUT2D eigenvalue weighted by Crippen LogP contribution is -2.44. The number of aliphatic hydroxyl groups excluding tert-OH is 1. The van der Waals surface area contributed by atoms with E-state index in [1.165, 1.54) is 12.8 Å². The maximum Gasteiger partial charge on any atom is 0.0653 e. The van der Waals surface area contributed by atoms with E-state index in [1.807, 2.05) is 6.92 Å². The monoisotopic (exact) mass is 238 g/mol. The predicted octanol–water partition coefficient (Wildman–Crippen LogP) is 2.58. The summed E-state index contributed by atoms with van der Waals surface area (Å²) in [6.45, 7) is 7.08. The number of fused-ring (bicyclic) bond motifs is 1. The van der Waals surface area contributed by atoms with Gasteiger partial charge in [0.05, 0.1) is 5.60 Å². The molecule has 3 rings (SSSR count). The Bertz CT molecular complexity index is 334. The van der Waals surface area contributed by atoms with E-state index in [4.69, 9.17) is 0 Å². The van der Waals surface area contributed by atoms with Gasteiger partial charge in [-0.2, -0.15) is 0 Å². The molecule has 2 bridgehead atoms. The Morgan fingerprint density at radius 3 is 2.41 bits per heavy atom. The quantitative estimate of drug-likeness (QED) is 0.737. The van der Waals surface area contributed by atoms with Crippen LogP contribution in [0, 0.1) is 28.6 Å². The highest BCUT2D eigenvalue weighted by Crippen LogP contribution is 2.73. The van der Waals surface area contributed by atoms with Gasteiger partial charge in [0.25, 0.3) is 0 Å². The van der Waals surface area contributed by atoms with Gasteiger partial charge in [0, 0.05) is 6.61 Å². The molecule has 0 aromatic carbocycles. The fourth-order valence-electron chi connectivity index (χ4n) is 5.97. The van der Waals surface area contributed by atoms with Crippen LogP contribution in [0.3, 0.4) is 0 Å². The molecular formula is C15H26O2. The molecule has 0 heterocycles. The van der Waals surface area contributed by atoms with Crippen LogP contribution >= 0.6 is 0 Å². The highest BCUT2D eigenvalue weighted by Gasteiger charge is 2.68. The van der Waals surface area contributed by atoms with Crippen molar-refractivity contribution in [2.45, 2.75) is 58.5 Å². The first kappa shape index (κ1) is 12.0. The van der Waals surface area contributed by atoms with Crippen LogP contribution in [0.1, 0.15) is 52.9 Å². The van der Waals surface area contributed by atoms with E-state index in [-0.39, 0.29) is 5.41 Å². The zero-order valence-electron chi connectivity index (χ0n) is 11.4. The van der Waals surface area contributed by atoms with Gasteiger partial charge in [-0.3, -0.25) is 0 Å². The maximum absolute atomic E-state index is 10.6. The van der Waals surface area contributed by atoms with E-state index in [0.717, 1.165) is 19.3 Å². The molecule has 17 heavy (non-hydrogen) atoms. The third kappa shape index (κ3) is 1.29. The van der Waals surface area contributed by atoms with E-state index < -0.39 is 5.60 Å². The van der Waals surface area contributed by atoms with Crippen LogP contribution in [-0.4, -0.2) is 22.4 Å². The molecule has 3 aliphatic carbocycles. The van der Waals surface area contributed by atoms with Crippen LogP contribution < -0.4 is 0 Å². The van der Waals surface area contributed by atoms with Gasteiger partial charge in [0.15, 0.2) is 0 Å². The molecule has 0 aliphatic heterocycles. The van der Waals surface area contributed by atoms with Crippen molar-refractivity contribution in [2.24, 2.45) is 28.6 Å². The van der Waals surface area contributed by atoms with E-state index in [2.05, 4.69) is 13.8 Å². The summed E-state index contributed by atoms with van der Waals surface area (Å²) in [5, 5.41) is 20.3. The van der Waals surface area contributed by atoms with Crippen molar-refractivity contribution in [3.8, 4) is 0 Å². The SMILES string of the molecule is CC1(C)C2CC[C@@H](CO)[C@]23CC[C@@](C)(O)[C@H]1C3. The van der Waals surface area contributed by atoms with Crippen molar-refractivity contribution < 1.29 is 10.2 Å². The Morgan fingerprint density at radius 1 is 1.06 bits per heavy atom. The molecule has 0 amide bonds. The molecule has 1 spiro atoms. The fourth-order valence-corrected chi connectivity index (χ4v) is 5.97. The Hall–Kier alpha value is -0.0800. The third-order valence-corrected chi connectivity index (χ3v) is 6.76. The summed E-state index contributed by atoms with van der Waals surface area (Å²) in [6, 6.07) is 0. The third-order valence-electron chi connectivity index (χ3n) is 6.76. The molecule has 2 N–H and O–H groups in total. The standard InChI is InChI=1S/C15H26O2/c1-13(2)11-5-4-10(9-16)15(11)7-6-14(3,17)12(13)8-15/h10-12,16-17H,4-9H2,1-3H3/t10-,11?,12-,14+,15+/m0/s1. The second-order valence-electron chi connectivity index (χ2n) is 7.68. The molecule has 0 saturated heterocycles. The molecule has 98 valence electrons. The van der Waals surface area contributed by atoms with E-state index >= 15 is 0 Å². The maximum atomic E-state index is 10.6. The molecule has 1 unspecified atom stereocenters. The van der Waals surface area contributed by atoms with E-state index in [1.54, 1.807) is 0 Å². The summed E-state index contributed by atoms with van der Waals surface area (Å²) in [7, 11) is 0. The van der Waals surface area contributed by atoms with Gasteiger partial charge < -0.3 is 10.2 Å². The zero-order chi connectivity index (χ0) is 12.5. The minimum atomic E-state index is -0.487. The highest BCUT2D eigenvalue weighted by atomic mass is 16.3. The molecule has 2 nitrogen and oxygen atoms in total. The van der Waals surface area contributed by atoms with Crippen molar-refractivity contribution in [3.05, 3.63) is 0 Å². The molecule has 3 fully saturated rings. The van der Waals surface area contributed by atoms with Crippen molar-refractivity contribution >= 4 is 0 Å². The normalized spacial score (nSPS) is 55.9. The van der Waals surface area contributed by atoms with Crippen LogP contribution in [0.25, 0.3) is 0 Å². The Labute approximate surface area is 104 Å². The summed E-state index contributed by atoms with van der Waals surface area (Å²) in [5.74, 6) is 1.63. The lowest BCUT2D eigenvalue weighted by molar-refractivity contribution is -0.0753. The number of hydrogen-bond donors (Lipinski definition) is 2. The molecule has 2 heteroatoms. The molecule has 3 aliphatic rings. The van der Waals surface area contributed by atoms with E-state index in [9.17, 15) is 10.2 Å². The van der Waals surface area contributed by atoms with E-state index in [0.29, 0.717) is 29.8 Å². The molecular weight excluding hydrogens is 212 g/mol. The number of aliphatic hydroxyl groups is 2. The van der Waals surface area contributed by atoms with Gasteiger partial charge in [-0.25, -0.2) is 0 Å². The average Bonchev–Trinajstić information content (AvgIpc) is 2.69. The van der Waals surface area contributed by atoms with Gasteiger partial charge >= 0.3 is 0 Å². The Balaban J connectivity index is 2.04. The first-order chi connectivity index (χ1) is 7.84. The van der Waals surface area contributed by atoms with Crippen LogP contribution in [0.15, 0.2) is 0 Å². The molecule has 0 aromatic rings. The lowest BCUT2D eigenvalue weighted by atomic mass is 9.64.